The molecule has 0 atom stereocenters. The number of thioether (sulfide) groups is 1. The molecule has 2 aromatic rings. The molecule has 0 aliphatic carbocycles. The number of nitrogens with zero attached hydrogens (tertiary/aromatic N) is 1. The average molecular weight is 348 g/mol. The third-order valence-electron chi connectivity index (χ3n) is 3.25. The highest BCUT2D eigenvalue weighted by Gasteiger charge is 2.13. The summed E-state index contributed by atoms with van der Waals surface area (Å²) in [6.45, 7) is 0.338. The Balaban J connectivity index is 1.96. The van der Waals surface area contributed by atoms with Crippen molar-refractivity contribution in [2.75, 3.05) is 27.1 Å². The van der Waals surface area contributed by atoms with E-state index < -0.39 is 0 Å². The fourth-order valence-electron chi connectivity index (χ4n) is 2.05. The Bertz CT molecular complexity index is 680. The van der Waals surface area contributed by atoms with Gasteiger partial charge in [0.25, 0.3) is 0 Å². The second-order valence-electron chi connectivity index (χ2n) is 4.75. The Hall–Kier alpha value is -2.41. The maximum Gasteiger partial charge on any atom is 0.230 e. The van der Waals surface area contributed by atoms with Gasteiger partial charge in [0, 0.05) is 24.4 Å². The number of pyridine rings is 1. The van der Waals surface area contributed by atoms with E-state index >= 15 is 0 Å². The van der Waals surface area contributed by atoms with Crippen molar-refractivity contribution in [3.05, 3.63) is 42.1 Å². The monoisotopic (exact) mass is 348 g/mol. The maximum atomic E-state index is 12.0. The molecule has 7 heteroatoms. The lowest BCUT2D eigenvalue weighted by atomic mass is 10.1. The van der Waals surface area contributed by atoms with Crippen molar-refractivity contribution in [1.29, 1.82) is 0 Å². The van der Waals surface area contributed by atoms with E-state index in [1.165, 1.54) is 11.8 Å². The lowest BCUT2D eigenvalue weighted by molar-refractivity contribution is -0.118. The molecule has 0 radical (unpaired) electrons. The number of nitrogens with one attached hydrogen (secondary N) is 1. The van der Waals surface area contributed by atoms with Crippen LogP contribution in [0.3, 0.4) is 0 Å². The Morgan fingerprint density at radius 3 is 2.42 bits per heavy atom. The molecule has 0 saturated carbocycles. The van der Waals surface area contributed by atoms with Crippen LogP contribution in [0, 0.1) is 0 Å². The molecule has 0 saturated heterocycles. The van der Waals surface area contributed by atoms with Crippen LogP contribution in [0.15, 0.2) is 41.6 Å². The highest BCUT2D eigenvalue weighted by Crippen LogP contribution is 2.34. The Kier molecular flexibility index (Phi) is 6.74. The zero-order chi connectivity index (χ0) is 17.4. The van der Waals surface area contributed by atoms with Gasteiger partial charge in [0.1, 0.15) is 5.75 Å². The molecule has 1 aromatic heterocycles. The fourth-order valence-corrected chi connectivity index (χ4v) is 2.74. The van der Waals surface area contributed by atoms with Gasteiger partial charge in [0.2, 0.25) is 5.91 Å². The second-order valence-corrected chi connectivity index (χ2v) is 5.75. The first-order valence-electron chi connectivity index (χ1n) is 7.27. The minimum absolute atomic E-state index is 0.0810. The lowest BCUT2D eigenvalue weighted by Crippen LogP contribution is -2.24. The molecule has 0 aliphatic rings. The minimum atomic E-state index is -0.0810. The van der Waals surface area contributed by atoms with Gasteiger partial charge < -0.3 is 19.5 Å². The number of amides is 1. The van der Waals surface area contributed by atoms with Crippen LogP contribution in [-0.2, 0) is 11.3 Å². The summed E-state index contributed by atoms with van der Waals surface area (Å²) in [5.74, 6) is 2.01. The largest absolute Gasteiger partial charge is 0.496 e. The molecule has 0 aliphatic heterocycles. The van der Waals surface area contributed by atoms with E-state index in [1.54, 1.807) is 39.7 Å². The molecule has 1 amide bonds. The molecule has 0 spiro atoms. The highest BCUT2D eigenvalue weighted by atomic mass is 32.2. The SMILES string of the molecule is COc1cc(OC)c(OC)cc1CNC(=O)CSc1ccccn1. The van der Waals surface area contributed by atoms with Crippen molar-refractivity contribution in [3.8, 4) is 17.2 Å². The van der Waals surface area contributed by atoms with E-state index in [1.807, 2.05) is 18.2 Å². The molecule has 6 nitrogen and oxygen atoms in total. The van der Waals surface area contributed by atoms with Gasteiger partial charge in [-0.15, -0.1) is 0 Å². The number of ether oxygens (including phenoxy) is 3. The third-order valence-corrected chi connectivity index (χ3v) is 4.20. The topological polar surface area (TPSA) is 69.7 Å². The van der Waals surface area contributed by atoms with Crippen molar-refractivity contribution in [2.45, 2.75) is 11.6 Å². The number of benzene rings is 1. The Morgan fingerprint density at radius 1 is 1.08 bits per heavy atom. The zero-order valence-electron chi connectivity index (χ0n) is 13.9. The van der Waals surface area contributed by atoms with Crippen LogP contribution < -0.4 is 19.5 Å². The normalized spacial score (nSPS) is 10.1. The molecule has 1 N–H and O–H groups in total. The van der Waals surface area contributed by atoms with Crippen LogP contribution in [0.5, 0.6) is 17.2 Å². The van der Waals surface area contributed by atoms with Crippen LogP contribution >= 0.6 is 11.8 Å². The van der Waals surface area contributed by atoms with Crippen LogP contribution in [0.4, 0.5) is 0 Å². The number of methoxy groups -OCH3 is 3. The van der Waals surface area contributed by atoms with Gasteiger partial charge in [-0.25, -0.2) is 4.98 Å². The standard InChI is InChI=1S/C17H20N2O4S/c1-21-13-9-15(23-3)14(22-2)8-12(13)10-19-16(20)11-24-17-6-4-5-7-18-17/h4-9H,10-11H2,1-3H3,(H,19,20). The van der Waals surface area contributed by atoms with E-state index in [4.69, 9.17) is 14.2 Å². The van der Waals surface area contributed by atoms with Gasteiger partial charge in [-0.3, -0.25) is 4.79 Å². The van der Waals surface area contributed by atoms with E-state index in [0.29, 0.717) is 29.5 Å². The summed E-state index contributed by atoms with van der Waals surface area (Å²) >= 11 is 1.39. The van der Waals surface area contributed by atoms with E-state index in [-0.39, 0.29) is 5.91 Å². The van der Waals surface area contributed by atoms with Crippen molar-refractivity contribution in [3.63, 3.8) is 0 Å². The zero-order valence-corrected chi connectivity index (χ0v) is 14.7. The van der Waals surface area contributed by atoms with Gasteiger partial charge >= 0.3 is 0 Å². The van der Waals surface area contributed by atoms with Crippen LogP contribution in [0.2, 0.25) is 0 Å². The summed E-state index contributed by atoms with van der Waals surface area (Å²) in [7, 11) is 4.70. The average Bonchev–Trinajstić information content (AvgIpc) is 2.64. The van der Waals surface area contributed by atoms with Crippen molar-refractivity contribution in [2.24, 2.45) is 0 Å². The third kappa shape index (κ3) is 4.79. The van der Waals surface area contributed by atoms with Gasteiger partial charge in [0.05, 0.1) is 32.1 Å². The van der Waals surface area contributed by atoms with Crippen molar-refractivity contribution < 1.29 is 19.0 Å². The van der Waals surface area contributed by atoms with Gasteiger partial charge in [-0.2, -0.15) is 0 Å². The first kappa shape index (κ1) is 17.9. The first-order valence-corrected chi connectivity index (χ1v) is 8.26. The summed E-state index contributed by atoms with van der Waals surface area (Å²) < 4.78 is 15.9. The van der Waals surface area contributed by atoms with Crippen LogP contribution in [0.25, 0.3) is 0 Å². The molecule has 0 fully saturated rings. The molecule has 0 bridgehead atoms. The number of hydrogen-bond donors (Lipinski definition) is 1. The van der Waals surface area contributed by atoms with Gasteiger partial charge in [0.15, 0.2) is 11.5 Å². The second kappa shape index (κ2) is 9.02. The lowest BCUT2D eigenvalue weighted by Gasteiger charge is -2.14. The molecule has 1 aromatic carbocycles. The summed E-state index contributed by atoms with van der Waals surface area (Å²) in [5.41, 5.74) is 0.811. The number of aromatic nitrogens is 1. The minimum Gasteiger partial charge on any atom is -0.496 e. The van der Waals surface area contributed by atoms with E-state index in [9.17, 15) is 4.79 Å². The molecular weight excluding hydrogens is 328 g/mol. The van der Waals surface area contributed by atoms with Crippen LogP contribution in [-0.4, -0.2) is 38.0 Å². The summed E-state index contributed by atoms with van der Waals surface area (Å²) in [6, 6.07) is 9.14. The molecule has 2 rings (SSSR count). The molecule has 128 valence electrons. The van der Waals surface area contributed by atoms with Gasteiger partial charge in [-0.05, 0) is 18.2 Å². The van der Waals surface area contributed by atoms with E-state index in [0.717, 1.165) is 10.6 Å². The van der Waals surface area contributed by atoms with Gasteiger partial charge in [-0.1, -0.05) is 17.8 Å². The molecule has 1 heterocycles. The molecule has 0 unspecified atom stereocenters. The smallest absolute Gasteiger partial charge is 0.230 e. The summed E-state index contributed by atoms with van der Waals surface area (Å²) in [5, 5.41) is 3.68. The predicted octanol–water partition coefficient (Wildman–Crippen LogP) is 2.52. The van der Waals surface area contributed by atoms with Crippen molar-refractivity contribution >= 4 is 17.7 Å². The van der Waals surface area contributed by atoms with E-state index in [2.05, 4.69) is 10.3 Å². The quantitative estimate of drug-likeness (QED) is 0.739. The summed E-state index contributed by atoms with van der Waals surface area (Å²) in [6.07, 6.45) is 1.70. The number of rotatable bonds is 8. The van der Waals surface area contributed by atoms with Crippen molar-refractivity contribution in [1.82, 2.24) is 10.3 Å². The number of carbonyl (C=O) groups excluding carboxylic acids is 1. The molecule has 24 heavy (non-hydrogen) atoms. The Morgan fingerprint density at radius 2 is 1.79 bits per heavy atom. The molecular formula is C17H20N2O4S. The maximum absolute atomic E-state index is 12.0. The number of hydrogen-bond acceptors (Lipinski definition) is 6. The summed E-state index contributed by atoms with van der Waals surface area (Å²) in [4.78, 5) is 16.2. The predicted molar refractivity (Wildman–Crippen MR) is 92.9 cm³/mol. The Labute approximate surface area is 145 Å². The first-order chi connectivity index (χ1) is 11.7. The number of carbonyl (C=O) groups is 1. The fraction of sp³-hybridized carbons (Fsp3) is 0.294. The highest BCUT2D eigenvalue weighted by molar-refractivity contribution is 7.99. The van der Waals surface area contributed by atoms with Crippen LogP contribution in [0.1, 0.15) is 5.56 Å².